The quantitative estimate of drug-likeness (QED) is 0.146. The fourth-order valence-corrected chi connectivity index (χ4v) is 2.78. The number of ketones is 1. The van der Waals surface area contributed by atoms with Gasteiger partial charge in [-0.3, -0.25) is 14.9 Å². The highest BCUT2D eigenvalue weighted by Crippen LogP contribution is 2.40. The highest BCUT2D eigenvalue weighted by molar-refractivity contribution is 6.11. The lowest BCUT2D eigenvalue weighted by Gasteiger charge is -2.17. The number of nitrogens with zero attached hydrogens (tertiary/aromatic N) is 1. The number of hydrogen-bond donors (Lipinski definition) is 1. The van der Waals surface area contributed by atoms with Gasteiger partial charge in [-0.1, -0.05) is 17.7 Å². The molecule has 0 unspecified atom stereocenters. The minimum absolute atomic E-state index is 0.00239. The summed E-state index contributed by atoms with van der Waals surface area (Å²) in [5, 5.41) is 21.7. The van der Waals surface area contributed by atoms with Crippen molar-refractivity contribution in [2.24, 2.45) is 0 Å². The van der Waals surface area contributed by atoms with Crippen LogP contribution in [-0.2, 0) is 11.2 Å². The molecule has 0 amide bonds. The van der Waals surface area contributed by atoms with E-state index in [1.165, 1.54) is 50.6 Å². The molecule has 2 aromatic carbocycles. The first-order valence-electron chi connectivity index (χ1n) is 9.43. The molecule has 0 fully saturated rings. The lowest BCUT2D eigenvalue weighted by atomic mass is 9.99. The zero-order valence-electron chi connectivity index (χ0n) is 17.9. The molecular formula is C23H25NO7. The molecule has 8 heteroatoms. The Labute approximate surface area is 180 Å². The summed E-state index contributed by atoms with van der Waals surface area (Å²) in [5.41, 5.74) is 2.04. The minimum Gasteiger partial charge on any atom is -0.507 e. The molecule has 0 radical (unpaired) electrons. The van der Waals surface area contributed by atoms with Crippen molar-refractivity contribution >= 4 is 17.5 Å². The molecule has 0 aliphatic carbocycles. The van der Waals surface area contributed by atoms with E-state index in [1.54, 1.807) is 6.07 Å². The van der Waals surface area contributed by atoms with Crippen LogP contribution in [0.3, 0.4) is 0 Å². The van der Waals surface area contributed by atoms with Crippen LogP contribution in [0.4, 0.5) is 5.69 Å². The molecule has 0 atom stereocenters. The zero-order chi connectivity index (χ0) is 23.0. The van der Waals surface area contributed by atoms with Crippen molar-refractivity contribution < 1.29 is 29.0 Å². The Bertz CT molecular complexity index is 1000. The van der Waals surface area contributed by atoms with E-state index in [0.29, 0.717) is 23.3 Å². The van der Waals surface area contributed by atoms with Gasteiger partial charge in [0.25, 0.3) is 5.69 Å². The summed E-state index contributed by atoms with van der Waals surface area (Å²) < 4.78 is 15.8. The summed E-state index contributed by atoms with van der Waals surface area (Å²) in [6.45, 7) is 3.82. The first kappa shape index (κ1) is 23.6. The molecule has 0 saturated heterocycles. The van der Waals surface area contributed by atoms with Gasteiger partial charge in [0.15, 0.2) is 12.6 Å². The molecule has 0 aliphatic rings. The van der Waals surface area contributed by atoms with E-state index in [-0.39, 0.29) is 29.5 Å². The summed E-state index contributed by atoms with van der Waals surface area (Å²) in [4.78, 5) is 23.2. The SMILES string of the molecule is COCOc1cc(OC)c(C(=O)/C=C/c2ccc([N+](=O)[O-])cc2)c(O)c1CC=C(C)C. The normalized spacial score (nSPS) is 10.7. The molecule has 2 aromatic rings. The van der Waals surface area contributed by atoms with Gasteiger partial charge in [0.2, 0.25) is 0 Å². The predicted molar refractivity (Wildman–Crippen MR) is 117 cm³/mol. The van der Waals surface area contributed by atoms with Crippen LogP contribution in [0, 0.1) is 10.1 Å². The fraction of sp³-hybridized carbons (Fsp3) is 0.261. The van der Waals surface area contributed by atoms with Gasteiger partial charge >= 0.3 is 0 Å². The van der Waals surface area contributed by atoms with Crippen LogP contribution in [0.5, 0.6) is 17.2 Å². The zero-order valence-corrected chi connectivity index (χ0v) is 17.9. The number of methoxy groups -OCH3 is 2. The number of nitro benzene ring substituents is 1. The monoisotopic (exact) mass is 427 g/mol. The van der Waals surface area contributed by atoms with E-state index in [0.717, 1.165) is 5.57 Å². The van der Waals surface area contributed by atoms with Crippen LogP contribution in [-0.4, -0.2) is 36.8 Å². The van der Waals surface area contributed by atoms with Crippen LogP contribution in [0.2, 0.25) is 0 Å². The van der Waals surface area contributed by atoms with Crippen molar-refractivity contribution in [1.29, 1.82) is 0 Å². The second-order valence-electron chi connectivity index (χ2n) is 6.86. The van der Waals surface area contributed by atoms with Gasteiger partial charge < -0.3 is 19.3 Å². The molecule has 8 nitrogen and oxygen atoms in total. The number of allylic oxidation sites excluding steroid dienone is 3. The van der Waals surface area contributed by atoms with Gasteiger partial charge in [0.05, 0.1) is 12.0 Å². The van der Waals surface area contributed by atoms with Crippen LogP contribution in [0.1, 0.15) is 35.3 Å². The third-order valence-electron chi connectivity index (χ3n) is 4.37. The van der Waals surface area contributed by atoms with Crippen molar-refractivity contribution in [2.75, 3.05) is 21.0 Å². The summed E-state index contributed by atoms with van der Waals surface area (Å²) in [6.07, 6.45) is 5.04. The van der Waals surface area contributed by atoms with Crippen LogP contribution < -0.4 is 9.47 Å². The maximum absolute atomic E-state index is 12.9. The number of aromatic hydroxyl groups is 1. The Kier molecular flexibility index (Phi) is 8.33. The number of phenols is 1. The van der Waals surface area contributed by atoms with E-state index < -0.39 is 10.7 Å². The van der Waals surface area contributed by atoms with Crippen LogP contribution in [0.15, 0.2) is 48.1 Å². The molecule has 0 aliphatic heterocycles. The van der Waals surface area contributed by atoms with Gasteiger partial charge in [0, 0.05) is 30.9 Å². The largest absolute Gasteiger partial charge is 0.507 e. The van der Waals surface area contributed by atoms with E-state index in [2.05, 4.69) is 0 Å². The average molecular weight is 427 g/mol. The smallest absolute Gasteiger partial charge is 0.269 e. The number of non-ortho nitro benzene ring substituents is 1. The van der Waals surface area contributed by atoms with Crippen molar-refractivity contribution in [3.63, 3.8) is 0 Å². The highest BCUT2D eigenvalue weighted by atomic mass is 16.7. The van der Waals surface area contributed by atoms with Crippen molar-refractivity contribution in [3.8, 4) is 17.2 Å². The fourth-order valence-electron chi connectivity index (χ4n) is 2.78. The molecule has 0 bridgehead atoms. The summed E-state index contributed by atoms with van der Waals surface area (Å²) in [6, 6.07) is 7.30. The molecule has 2 rings (SSSR count). The van der Waals surface area contributed by atoms with E-state index in [4.69, 9.17) is 14.2 Å². The van der Waals surface area contributed by atoms with Gasteiger partial charge in [-0.2, -0.15) is 0 Å². The van der Waals surface area contributed by atoms with Gasteiger partial charge in [-0.25, -0.2) is 0 Å². The highest BCUT2D eigenvalue weighted by Gasteiger charge is 2.23. The molecule has 0 spiro atoms. The van der Waals surface area contributed by atoms with Crippen LogP contribution >= 0.6 is 0 Å². The van der Waals surface area contributed by atoms with E-state index in [9.17, 15) is 20.0 Å². The molecule has 0 saturated carbocycles. The van der Waals surface area contributed by atoms with E-state index >= 15 is 0 Å². The van der Waals surface area contributed by atoms with E-state index in [1.807, 2.05) is 19.9 Å². The Morgan fingerprint density at radius 2 is 1.84 bits per heavy atom. The van der Waals surface area contributed by atoms with Crippen molar-refractivity contribution in [2.45, 2.75) is 20.3 Å². The maximum Gasteiger partial charge on any atom is 0.269 e. The Hall–Kier alpha value is -3.65. The third kappa shape index (κ3) is 6.16. The Balaban J connectivity index is 2.44. The lowest BCUT2D eigenvalue weighted by molar-refractivity contribution is -0.384. The van der Waals surface area contributed by atoms with Crippen molar-refractivity contribution in [1.82, 2.24) is 0 Å². The number of hydrogen-bond acceptors (Lipinski definition) is 7. The number of rotatable bonds is 10. The Morgan fingerprint density at radius 3 is 2.39 bits per heavy atom. The molecule has 31 heavy (non-hydrogen) atoms. The summed E-state index contributed by atoms with van der Waals surface area (Å²) in [7, 11) is 2.87. The summed E-state index contributed by atoms with van der Waals surface area (Å²) in [5.74, 6) is -0.210. The minimum atomic E-state index is -0.497. The van der Waals surface area contributed by atoms with Crippen LogP contribution in [0.25, 0.3) is 6.08 Å². The van der Waals surface area contributed by atoms with Gasteiger partial charge in [-0.15, -0.1) is 0 Å². The number of carbonyl (C=O) groups excluding carboxylic acids is 1. The molecule has 164 valence electrons. The maximum atomic E-state index is 12.9. The number of benzene rings is 2. The molecule has 1 N–H and O–H groups in total. The van der Waals surface area contributed by atoms with Gasteiger partial charge in [0.1, 0.15) is 22.8 Å². The topological polar surface area (TPSA) is 108 Å². The lowest BCUT2D eigenvalue weighted by Crippen LogP contribution is -2.07. The first-order valence-corrected chi connectivity index (χ1v) is 9.43. The Morgan fingerprint density at radius 1 is 1.16 bits per heavy atom. The number of ether oxygens (including phenoxy) is 3. The average Bonchev–Trinajstić information content (AvgIpc) is 2.74. The number of nitro groups is 1. The summed E-state index contributed by atoms with van der Waals surface area (Å²) >= 11 is 0. The number of phenolic OH excluding ortho intramolecular Hbond substituents is 1. The molecular weight excluding hydrogens is 402 g/mol. The number of carbonyl (C=O) groups is 1. The standard InChI is InChI=1S/C23H25NO7/c1-15(2)5-11-18-20(31-14-29-3)13-21(30-4)22(23(18)26)19(25)12-8-16-6-9-17(10-7-16)24(27)28/h5-10,12-13,26H,11,14H2,1-4H3/b12-8+. The second kappa shape index (κ2) is 10.9. The molecule has 0 heterocycles. The first-order chi connectivity index (χ1) is 14.8. The second-order valence-corrected chi connectivity index (χ2v) is 6.86. The third-order valence-corrected chi connectivity index (χ3v) is 4.37. The van der Waals surface area contributed by atoms with Crippen molar-refractivity contribution in [3.05, 3.63) is 74.9 Å². The molecule has 0 aromatic heterocycles. The predicted octanol–water partition coefficient (Wildman–Crippen LogP) is 4.70. The van der Waals surface area contributed by atoms with Gasteiger partial charge in [-0.05, 0) is 44.0 Å².